The van der Waals surface area contributed by atoms with Crippen molar-refractivity contribution < 1.29 is 9.90 Å². The number of likely N-dealkylation sites (tertiary alicyclic amines) is 1. The zero-order valence-electron chi connectivity index (χ0n) is 12.4. The highest BCUT2D eigenvalue weighted by Crippen LogP contribution is 2.31. The van der Waals surface area contributed by atoms with Gasteiger partial charge in [-0.25, -0.2) is 9.78 Å². The van der Waals surface area contributed by atoms with Gasteiger partial charge in [-0.15, -0.1) is 0 Å². The van der Waals surface area contributed by atoms with Gasteiger partial charge < -0.3 is 5.11 Å². The number of carboxylic acid groups (broad SMARTS) is 1. The van der Waals surface area contributed by atoms with E-state index in [0.717, 1.165) is 25.1 Å². The lowest BCUT2D eigenvalue weighted by atomic mass is 9.96. The molecular weight excluding hydrogens is 278 g/mol. The number of aromatic carboxylic acids is 1. The second-order valence-electron chi connectivity index (χ2n) is 5.59. The predicted molar refractivity (Wildman–Crippen MR) is 82.4 cm³/mol. The van der Waals surface area contributed by atoms with Crippen molar-refractivity contribution in [3.05, 3.63) is 59.7 Å². The summed E-state index contributed by atoms with van der Waals surface area (Å²) in [6.45, 7) is 1.67. The van der Waals surface area contributed by atoms with Crippen molar-refractivity contribution in [2.75, 3.05) is 6.54 Å². The van der Waals surface area contributed by atoms with E-state index in [0.29, 0.717) is 12.6 Å². The molecule has 5 heteroatoms. The van der Waals surface area contributed by atoms with Gasteiger partial charge in [0, 0.05) is 25.0 Å². The molecule has 0 unspecified atom stereocenters. The van der Waals surface area contributed by atoms with Crippen molar-refractivity contribution in [1.29, 1.82) is 0 Å². The molecule has 2 aromatic rings. The number of pyridine rings is 2. The summed E-state index contributed by atoms with van der Waals surface area (Å²) in [6.07, 6.45) is 7.18. The molecule has 1 N–H and O–H groups in total. The summed E-state index contributed by atoms with van der Waals surface area (Å²) in [7, 11) is 0. The molecule has 1 saturated heterocycles. The maximum absolute atomic E-state index is 11.0. The van der Waals surface area contributed by atoms with Crippen molar-refractivity contribution in [2.45, 2.75) is 31.8 Å². The van der Waals surface area contributed by atoms with Gasteiger partial charge in [0.05, 0.1) is 5.69 Å². The average molecular weight is 297 g/mol. The Hall–Kier alpha value is -2.27. The van der Waals surface area contributed by atoms with E-state index in [-0.39, 0.29) is 5.69 Å². The summed E-state index contributed by atoms with van der Waals surface area (Å²) in [4.78, 5) is 21.9. The Balaban J connectivity index is 1.80. The van der Waals surface area contributed by atoms with Crippen molar-refractivity contribution in [3.63, 3.8) is 0 Å². The van der Waals surface area contributed by atoms with E-state index in [2.05, 4.69) is 20.9 Å². The van der Waals surface area contributed by atoms with Crippen LogP contribution in [0.15, 0.2) is 42.7 Å². The Labute approximate surface area is 129 Å². The zero-order chi connectivity index (χ0) is 15.4. The van der Waals surface area contributed by atoms with Crippen LogP contribution in [0.3, 0.4) is 0 Å². The smallest absolute Gasteiger partial charge is 0.354 e. The van der Waals surface area contributed by atoms with Gasteiger partial charge in [0.25, 0.3) is 0 Å². The van der Waals surface area contributed by atoms with Crippen LogP contribution in [0.25, 0.3) is 0 Å². The topological polar surface area (TPSA) is 66.3 Å². The van der Waals surface area contributed by atoms with Crippen LogP contribution in [-0.2, 0) is 6.54 Å². The zero-order valence-corrected chi connectivity index (χ0v) is 12.4. The number of carbonyl (C=O) groups is 1. The number of hydrogen-bond acceptors (Lipinski definition) is 4. The fourth-order valence-electron chi connectivity index (χ4n) is 3.03. The van der Waals surface area contributed by atoms with Crippen LogP contribution in [0.5, 0.6) is 0 Å². The van der Waals surface area contributed by atoms with Crippen molar-refractivity contribution in [1.82, 2.24) is 14.9 Å². The summed E-state index contributed by atoms with van der Waals surface area (Å²) >= 11 is 0. The molecule has 1 aliphatic rings. The Morgan fingerprint density at radius 3 is 2.95 bits per heavy atom. The third-order valence-corrected chi connectivity index (χ3v) is 4.07. The molecular formula is C17H19N3O2. The Kier molecular flexibility index (Phi) is 4.44. The van der Waals surface area contributed by atoms with E-state index < -0.39 is 5.97 Å². The summed E-state index contributed by atoms with van der Waals surface area (Å²) in [5, 5.41) is 9.06. The first-order valence-electron chi connectivity index (χ1n) is 7.57. The summed E-state index contributed by atoms with van der Waals surface area (Å²) in [5.74, 6) is -0.982. The van der Waals surface area contributed by atoms with E-state index in [1.807, 2.05) is 18.3 Å². The lowest BCUT2D eigenvalue weighted by Gasteiger charge is -2.35. The number of rotatable bonds is 4. The monoisotopic (exact) mass is 297 g/mol. The van der Waals surface area contributed by atoms with Crippen LogP contribution in [0.2, 0.25) is 0 Å². The predicted octanol–water partition coefficient (Wildman–Crippen LogP) is 2.90. The van der Waals surface area contributed by atoms with Crippen LogP contribution >= 0.6 is 0 Å². The normalized spacial score (nSPS) is 19.0. The molecule has 1 atom stereocenters. The molecule has 0 aliphatic carbocycles. The lowest BCUT2D eigenvalue weighted by molar-refractivity contribution is 0.0689. The van der Waals surface area contributed by atoms with E-state index in [1.54, 1.807) is 12.3 Å². The van der Waals surface area contributed by atoms with E-state index in [4.69, 9.17) is 5.11 Å². The minimum absolute atomic E-state index is 0.104. The van der Waals surface area contributed by atoms with Gasteiger partial charge in [0.1, 0.15) is 5.69 Å². The highest BCUT2D eigenvalue weighted by atomic mass is 16.4. The van der Waals surface area contributed by atoms with Gasteiger partial charge in [-0.2, -0.15) is 0 Å². The standard InChI is InChI=1S/C17H19N3O2/c21-17(22)15-7-3-6-14(19-15)12-20-10-2-1-8-16(20)13-5-4-9-18-11-13/h3-7,9,11,16H,1-2,8,10,12H2,(H,21,22)/t16-/m1/s1. The Morgan fingerprint density at radius 2 is 2.18 bits per heavy atom. The Morgan fingerprint density at radius 1 is 1.27 bits per heavy atom. The van der Waals surface area contributed by atoms with Crippen molar-refractivity contribution in [2.24, 2.45) is 0 Å². The molecule has 3 heterocycles. The van der Waals surface area contributed by atoms with Gasteiger partial charge >= 0.3 is 5.97 Å². The molecule has 0 aromatic carbocycles. The Bertz CT molecular complexity index is 645. The average Bonchev–Trinajstić information content (AvgIpc) is 2.56. The largest absolute Gasteiger partial charge is 0.477 e. The third kappa shape index (κ3) is 3.31. The summed E-state index contributed by atoms with van der Waals surface area (Å²) in [6, 6.07) is 9.58. The van der Waals surface area contributed by atoms with Crippen LogP contribution < -0.4 is 0 Å². The third-order valence-electron chi connectivity index (χ3n) is 4.07. The number of hydrogen-bond donors (Lipinski definition) is 1. The fourth-order valence-corrected chi connectivity index (χ4v) is 3.03. The first kappa shape index (κ1) is 14.7. The molecule has 22 heavy (non-hydrogen) atoms. The summed E-state index contributed by atoms with van der Waals surface area (Å²) in [5.41, 5.74) is 2.12. The SMILES string of the molecule is O=C(O)c1cccc(CN2CCCC[C@@H]2c2cccnc2)n1. The van der Waals surface area contributed by atoms with Gasteiger partial charge in [0.15, 0.2) is 0 Å². The van der Waals surface area contributed by atoms with Crippen molar-refractivity contribution >= 4 is 5.97 Å². The molecule has 2 aromatic heterocycles. The second kappa shape index (κ2) is 6.66. The molecule has 1 aliphatic heterocycles. The first-order chi connectivity index (χ1) is 10.7. The van der Waals surface area contributed by atoms with Gasteiger partial charge in [-0.1, -0.05) is 18.6 Å². The molecule has 0 spiro atoms. The maximum Gasteiger partial charge on any atom is 0.354 e. The lowest BCUT2D eigenvalue weighted by Crippen LogP contribution is -2.33. The van der Waals surface area contributed by atoms with Crippen LogP contribution in [0, 0.1) is 0 Å². The molecule has 0 bridgehead atoms. The second-order valence-corrected chi connectivity index (χ2v) is 5.59. The molecule has 3 rings (SSSR count). The number of carboxylic acids is 1. The van der Waals surface area contributed by atoms with E-state index in [1.165, 1.54) is 18.1 Å². The van der Waals surface area contributed by atoms with Crippen LogP contribution in [0.1, 0.15) is 47.1 Å². The minimum Gasteiger partial charge on any atom is -0.477 e. The van der Waals surface area contributed by atoms with E-state index >= 15 is 0 Å². The van der Waals surface area contributed by atoms with Gasteiger partial charge in [0.2, 0.25) is 0 Å². The fraction of sp³-hybridized carbons (Fsp3) is 0.353. The minimum atomic E-state index is -0.982. The maximum atomic E-state index is 11.0. The molecule has 114 valence electrons. The van der Waals surface area contributed by atoms with Gasteiger partial charge in [-0.3, -0.25) is 9.88 Å². The van der Waals surface area contributed by atoms with Crippen LogP contribution in [0.4, 0.5) is 0 Å². The number of piperidine rings is 1. The summed E-state index contributed by atoms with van der Waals surface area (Å²) < 4.78 is 0. The van der Waals surface area contributed by atoms with Crippen LogP contribution in [-0.4, -0.2) is 32.5 Å². The highest BCUT2D eigenvalue weighted by Gasteiger charge is 2.24. The molecule has 1 fully saturated rings. The highest BCUT2D eigenvalue weighted by molar-refractivity contribution is 5.85. The van der Waals surface area contributed by atoms with Gasteiger partial charge in [-0.05, 0) is 43.1 Å². The molecule has 0 radical (unpaired) electrons. The number of nitrogens with zero attached hydrogens (tertiary/aromatic N) is 3. The molecule has 5 nitrogen and oxygen atoms in total. The number of aromatic nitrogens is 2. The first-order valence-corrected chi connectivity index (χ1v) is 7.57. The molecule has 0 amide bonds. The quantitative estimate of drug-likeness (QED) is 0.940. The van der Waals surface area contributed by atoms with E-state index in [9.17, 15) is 4.79 Å². The van der Waals surface area contributed by atoms with Crippen molar-refractivity contribution in [3.8, 4) is 0 Å². The molecule has 0 saturated carbocycles.